The molecule has 3 rings (SSSR count). The van der Waals surface area contributed by atoms with Gasteiger partial charge >= 0.3 is 6.09 Å². The second-order valence-electron chi connectivity index (χ2n) is 9.90. The number of rotatable bonds is 5. The highest BCUT2D eigenvalue weighted by Gasteiger charge is 2.38. The van der Waals surface area contributed by atoms with Crippen molar-refractivity contribution >= 4 is 6.09 Å². The number of benzene rings is 1. The van der Waals surface area contributed by atoms with Gasteiger partial charge in [0, 0.05) is 12.2 Å². The second kappa shape index (κ2) is 9.39. The standard InChI is InChI=1S/C26H36N2O4/c1-16(2)24-20-11-10-19(31-15-22-23(30-8)12-9-18(4)27-22)13-21(20)17(3)14-28(24)25(29)32-26(5,6)7/h9-13,16-17,24H,14-15H2,1-8H3. The summed E-state index contributed by atoms with van der Waals surface area (Å²) in [6.07, 6.45) is -0.258. The minimum atomic E-state index is -0.523. The molecule has 0 saturated carbocycles. The van der Waals surface area contributed by atoms with Crippen molar-refractivity contribution < 1.29 is 19.0 Å². The van der Waals surface area contributed by atoms with Crippen LogP contribution in [0.2, 0.25) is 0 Å². The number of pyridine rings is 1. The Morgan fingerprint density at radius 2 is 1.91 bits per heavy atom. The Balaban J connectivity index is 1.85. The third-order valence-corrected chi connectivity index (χ3v) is 5.64. The monoisotopic (exact) mass is 440 g/mol. The zero-order chi connectivity index (χ0) is 23.6. The summed E-state index contributed by atoms with van der Waals surface area (Å²) >= 11 is 0. The quantitative estimate of drug-likeness (QED) is 0.568. The van der Waals surface area contributed by atoms with E-state index in [1.807, 2.05) is 50.8 Å². The van der Waals surface area contributed by atoms with Gasteiger partial charge in [-0.3, -0.25) is 4.98 Å². The number of methoxy groups -OCH3 is 1. The van der Waals surface area contributed by atoms with Crippen LogP contribution in [0.3, 0.4) is 0 Å². The van der Waals surface area contributed by atoms with Crippen LogP contribution in [-0.4, -0.2) is 35.2 Å². The molecule has 1 amide bonds. The molecule has 2 atom stereocenters. The van der Waals surface area contributed by atoms with E-state index in [0.717, 1.165) is 28.5 Å². The number of carbonyl (C=O) groups excluding carboxylic acids is 1. The summed E-state index contributed by atoms with van der Waals surface area (Å²) in [5.74, 6) is 1.92. The lowest BCUT2D eigenvalue weighted by atomic mass is 9.82. The number of nitrogens with zero attached hydrogens (tertiary/aromatic N) is 2. The normalized spacial score (nSPS) is 18.3. The van der Waals surface area contributed by atoms with Gasteiger partial charge in [0.05, 0.1) is 13.2 Å². The summed E-state index contributed by atoms with van der Waals surface area (Å²) < 4.78 is 17.2. The minimum Gasteiger partial charge on any atom is -0.495 e. The number of aryl methyl sites for hydroxylation is 1. The molecule has 2 heterocycles. The lowest BCUT2D eigenvalue weighted by Crippen LogP contribution is -2.45. The molecule has 174 valence electrons. The molecule has 32 heavy (non-hydrogen) atoms. The Morgan fingerprint density at radius 3 is 2.53 bits per heavy atom. The molecule has 0 radical (unpaired) electrons. The Labute approximate surface area is 191 Å². The average Bonchev–Trinajstić information content (AvgIpc) is 2.70. The van der Waals surface area contributed by atoms with Gasteiger partial charge < -0.3 is 19.1 Å². The van der Waals surface area contributed by atoms with Crippen molar-refractivity contribution in [2.24, 2.45) is 5.92 Å². The molecule has 1 aromatic heterocycles. The first-order valence-electron chi connectivity index (χ1n) is 11.3. The van der Waals surface area contributed by atoms with E-state index in [4.69, 9.17) is 14.2 Å². The molecule has 0 N–H and O–H groups in total. The Morgan fingerprint density at radius 1 is 1.19 bits per heavy atom. The van der Waals surface area contributed by atoms with Crippen LogP contribution < -0.4 is 9.47 Å². The van der Waals surface area contributed by atoms with Crippen LogP contribution in [0, 0.1) is 12.8 Å². The summed E-state index contributed by atoms with van der Waals surface area (Å²) in [4.78, 5) is 19.4. The fourth-order valence-corrected chi connectivity index (χ4v) is 4.28. The minimum absolute atomic E-state index is 0.0383. The molecule has 0 fully saturated rings. The SMILES string of the molecule is COc1ccc(C)nc1COc1ccc2c(c1)C(C)CN(C(=O)OC(C)(C)C)C2C(C)C. The van der Waals surface area contributed by atoms with E-state index in [0.29, 0.717) is 13.2 Å². The fraction of sp³-hybridized carbons (Fsp3) is 0.538. The molecule has 0 spiro atoms. The lowest BCUT2D eigenvalue weighted by Gasteiger charge is -2.42. The van der Waals surface area contributed by atoms with Gasteiger partial charge in [-0.1, -0.05) is 26.8 Å². The van der Waals surface area contributed by atoms with Crippen LogP contribution in [0.25, 0.3) is 0 Å². The van der Waals surface area contributed by atoms with Gasteiger partial charge in [0.15, 0.2) is 0 Å². The van der Waals surface area contributed by atoms with E-state index in [1.54, 1.807) is 7.11 Å². The maximum Gasteiger partial charge on any atom is 0.410 e. The molecule has 2 unspecified atom stereocenters. The molecular weight excluding hydrogens is 404 g/mol. The highest BCUT2D eigenvalue weighted by Crippen LogP contribution is 2.42. The first-order valence-corrected chi connectivity index (χ1v) is 11.3. The first-order chi connectivity index (χ1) is 15.0. The van der Waals surface area contributed by atoms with Gasteiger partial charge in [0.1, 0.15) is 29.4 Å². The Kier molecular flexibility index (Phi) is 7.01. The van der Waals surface area contributed by atoms with Gasteiger partial charge in [0.25, 0.3) is 0 Å². The van der Waals surface area contributed by atoms with Crippen LogP contribution in [0.15, 0.2) is 30.3 Å². The average molecular weight is 441 g/mol. The smallest absolute Gasteiger partial charge is 0.410 e. The maximum atomic E-state index is 13.0. The molecule has 1 aliphatic rings. The summed E-state index contributed by atoms with van der Waals surface area (Å²) in [6, 6.07) is 9.96. The van der Waals surface area contributed by atoms with E-state index in [9.17, 15) is 4.79 Å². The summed E-state index contributed by atoms with van der Waals surface area (Å²) in [6.45, 7) is 15.0. The third kappa shape index (κ3) is 5.34. The van der Waals surface area contributed by atoms with E-state index >= 15 is 0 Å². The molecule has 1 aliphatic heterocycles. The first kappa shape index (κ1) is 23.9. The number of fused-ring (bicyclic) bond motifs is 1. The van der Waals surface area contributed by atoms with E-state index in [1.165, 1.54) is 5.56 Å². The molecule has 6 nitrogen and oxygen atoms in total. The van der Waals surface area contributed by atoms with Crippen molar-refractivity contribution in [2.75, 3.05) is 13.7 Å². The van der Waals surface area contributed by atoms with Gasteiger partial charge in [-0.15, -0.1) is 0 Å². The topological polar surface area (TPSA) is 60.9 Å². The predicted octanol–water partition coefficient (Wildman–Crippen LogP) is 6.03. The zero-order valence-corrected chi connectivity index (χ0v) is 20.6. The summed E-state index contributed by atoms with van der Waals surface area (Å²) in [5, 5.41) is 0. The largest absolute Gasteiger partial charge is 0.495 e. The van der Waals surface area contributed by atoms with Crippen LogP contribution >= 0.6 is 0 Å². The molecule has 0 bridgehead atoms. The molecule has 1 aromatic carbocycles. The number of ether oxygens (including phenoxy) is 3. The maximum absolute atomic E-state index is 13.0. The van der Waals surface area contributed by atoms with Crippen LogP contribution in [0.1, 0.15) is 76.0 Å². The highest BCUT2D eigenvalue weighted by molar-refractivity contribution is 5.70. The predicted molar refractivity (Wildman–Crippen MR) is 125 cm³/mol. The molecule has 2 aromatic rings. The van der Waals surface area contributed by atoms with Crippen LogP contribution in [0.4, 0.5) is 4.79 Å². The van der Waals surface area contributed by atoms with Crippen molar-refractivity contribution in [1.29, 1.82) is 0 Å². The van der Waals surface area contributed by atoms with Crippen LogP contribution in [-0.2, 0) is 11.3 Å². The van der Waals surface area contributed by atoms with E-state index in [-0.39, 0.29) is 24.0 Å². The fourth-order valence-electron chi connectivity index (χ4n) is 4.28. The lowest BCUT2D eigenvalue weighted by molar-refractivity contribution is 0.00666. The van der Waals surface area contributed by atoms with Crippen LogP contribution in [0.5, 0.6) is 11.5 Å². The van der Waals surface area contributed by atoms with Crippen molar-refractivity contribution in [3.8, 4) is 11.5 Å². The molecule has 0 aliphatic carbocycles. The van der Waals surface area contributed by atoms with Gasteiger partial charge in [-0.2, -0.15) is 0 Å². The Hall–Kier alpha value is -2.76. The van der Waals surface area contributed by atoms with E-state index < -0.39 is 5.60 Å². The van der Waals surface area contributed by atoms with Gasteiger partial charge in [-0.05, 0) is 74.9 Å². The second-order valence-corrected chi connectivity index (χ2v) is 9.90. The number of hydrogen-bond acceptors (Lipinski definition) is 5. The molecule has 6 heteroatoms. The zero-order valence-electron chi connectivity index (χ0n) is 20.6. The number of amides is 1. The molecular formula is C26H36N2O4. The summed E-state index contributed by atoms with van der Waals surface area (Å²) in [7, 11) is 1.64. The third-order valence-electron chi connectivity index (χ3n) is 5.64. The number of hydrogen-bond donors (Lipinski definition) is 0. The number of aromatic nitrogens is 1. The van der Waals surface area contributed by atoms with Crippen molar-refractivity contribution in [3.63, 3.8) is 0 Å². The highest BCUT2D eigenvalue weighted by atomic mass is 16.6. The Bertz CT molecular complexity index is 965. The summed E-state index contributed by atoms with van der Waals surface area (Å²) in [5.41, 5.74) is 3.54. The van der Waals surface area contributed by atoms with Crippen molar-refractivity contribution in [3.05, 3.63) is 52.8 Å². The van der Waals surface area contributed by atoms with Gasteiger partial charge in [-0.25, -0.2) is 4.79 Å². The van der Waals surface area contributed by atoms with Crippen molar-refractivity contribution in [1.82, 2.24) is 9.88 Å². The van der Waals surface area contributed by atoms with Gasteiger partial charge in [0.2, 0.25) is 0 Å². The number of carbonyl (C=O) groups is 1. The van der Waals surface area contributed by atoms with Crippen molar-refractivity contribution in [2.45, 2.75) is 72.6 Å². The molecule has 0 saturated heterocycles. The van der Waals surface area contributed by atoms with E-state index in [2.05, 4.69) is 37.9 Å².